The normalized spacial score (nSPS) is 21.1. The molecule has 2 fully saturated rings. The molecule has 8 heteroatoms. The first kappa shape index (κ1) is 16.7. The highest BCUT2D eigenvalue weighted by Crippen LogP contribution is 2.35. The van der Waals surface area contributed by atoms with Gasteiger partial charge in [-0.15, -0.1) is 0 Å². The topological polar surface area (TPSA) is 90.9 Å². The smallest absolute Gasteiger partial charge is 0.253 e. The second kappa shape index (κ2) is 6.30. The number of rotatable bonds is 2. The molecular weight excluding hydrogens is 354 g/mol. The minimum atomic E-state index is 0.00667. The summed E-state index contributed by atoms with van der Waals surface area (Å²) in [6, 6.07) is 9.02. The molecule has 0 aliphatic carbocycles. The Labute approximate surface area is 162 Å². The number of likely N-dealkylation sites (tertiary alicyclic amines) is 1. The lowest BCUT2D eigenvalue weighted by atomic mass is 10.0. The molecule has 2 unspecified atom stereocenters. The molecule has 0 bridgehead atoms. The highest BCUT2D eigenvalue weighted by molar-refractivity contribution is 5.94. The first-order chi connectivity index (χ1) is 13.6. The molecule has 2 aliphatic heterocycles. The van der Waals surface area contributed by atoms with Crippen LogP contribution in [-0.2, 0) is 7.05 Å². The number of imidazole rings is 1. The number of carbonyl (C=O) groups is 1. The Hall–Kier alpha value is -3.47. The van der Waals surface area contributed by atoms with Crippen LogP contribution in [0.5, 0.6) is 0 Å². The maximum Gasteiger partial charge on any atom is 0.253 e. The van der Waals surface area contributed by atoms with Crippen molar-refractivity contribution in [1.29, 1.82) is 5.26 Å². The molecule has 140 valence electrons. The van der Waals surface area contributed by atoms with Crippen LogP contribution in [0.25, 0.3) is 11.2 Å². The van der Waals surface area contributed by atoms with E-state index in [0.29, 0.717) is 23.0 Å². The van der Waals surface area contributed by atoms with Gasteiger partial charge in [0.25, 0.3) is 5.91 Å². The van der Waals surface area contributed by atoms with Crippen molar-refractivity contribution < 1.29 is 4.79 Å². The number of benzene rings is 1. The fraction of sp³-hybridized carbons (Fsp3) is 0.350. The van der Waals surface area contributed by atoms with E-state index < -0.39 is 0 Å². The number of hydrogen-bond acceptors (Lipinski definition) is 6. The Bertz CT molecular complexity index is 1100. The van der Waals surface area contributed by atoms with Crippen molar-refractivity contribution in [1.82, 2.24) is 24.4 Å². The zero-order valence-electron chi connectivity index (χ0n) is 15.5. The summed E-state index contributed by atoms with van der Waals surface area (Å²) in [5.41, 5.74) is 2.75. The van der Waals surface area contributed by atoms with E-state index in [1.165, 1.54) is 0 Å². The molecule has 1 amide bonds. The fourth-order valence-electron chi connectivity index (χ4n) is 4.40. The fourth-order valence-corrected chi connectivity index (χ4v) is 4.40. The van der Waals surface area contributed by atoms with Crippen LogP contribution in [0.2, 0.25) is 0 Å². The Morgan fingerprint density at radius 2 is 1.93 bits per heavy atom. The molecule has 8 nitrogen and oxygen atoms in total. The zero-order valence-corrected chi connectivity index (χ0v) is 15.5. The summed E-state index contributed by atoms with van der Waals surface area (Å²) in [7, 11) is 1.93. The summed E-state index contributed by atoms with van der Waals surface area (Å²) in [6.45, 7) is 3.17. The van der Waals surface area contributed by atoms with Gasteiger partial charge in [-0.25, -0.2) is 15.0 Å². The van der Waals surface area contributed by atoms with Crippen molar-refractivity contribution in [3.05, 3.63) is 48.0 Å². The zero-order chi connectivity index (χ0) is 19.3. The van der Waals surface area contributed by atoms with Crippen molar-refractivity contribution in [2.24, 2.45) is 18.9 Å². The first-order valence-corrected chi connectivity index (χ1v) is 9.30. The van der Waals surface area contributed by atoms with Gasteiger partial charge in [0.1, 0.15) is 6.33 Å². The quantitative estimate of drug-likeness (QED) is 0.675. The van der Waals surface area contributed by atoms with Crippen LogP contribution >= 0.6 is 0 Å². The molecule has 2 atom stereocenters. The average Bonchev–Trinajstić information content (AvgIpc) is 3.41. The van der Waals surface area contributed by atoms with Gasteiger partial charge in [0.15, 0.2) is 17.0 Å². The molecule has 2 aliphatic rings. The molecule has 0 N–H and O–H groups in total. The summed E-state index contributed by atoms with van der Waals surface area (Å²) in [5.74, 6) is 1.71. The van der Waals surface area contributed by atoms with E-state index in [2.05, 4.69) is 25.9 Å². The number of carbonyl (C=O) groups excluding carboxylic acids is 1. The predicted molar refractivity (Wildman–Crippen MR) is 103 cm³/mol. The van der Waals surface area contributed by atoms with E-state index in [4.69, 9.17) is 5.26 Å². The van der Waals surface area contributed by atoms with E-state index in [-0.39, 0.29) is 5.91 Å². The van der Waals surface area contributed by atoms with E-state index >= 15 is 0 Å². The monoisotopic (exact) mass is 373 g/mol. The maximum absolute atomic E-state index is 12.8. The van der Waals surface area contributed by atoms with Gasteiger partial charge >= 0.3 is 0 Å². The standard InChI is InChI=1S/C20H19N7O/c1-25-12-24-17-18(25)22-11-23-19(17)26-7-15-9-27(10-16(15)8-26)20(28)14-4-2-3-13(5-14)6-21/h2-5,11-12,15-16H,7-10H2,1H3. The van der Waals surface area contributed by atoms with E-state index in [1.807, 2.05) is 16.5 Å². The van der Waals surface area contributed by atoms with E-state index in [1.54, 1.807) is 36.9 Å². The molecule has 2 aromatic heterocycles. The number of fused-ring (bicyclic) bond motifs is 2. The highest BCUT2D eigenvalue weighted by Gasteiger charge is 2.42. The Balaban J connectivity index is 1.32. The molecule has 1 aromatic carbocycles. The number of anilines is 1. The van der Waals surface area contributed by atoms with Crippen LogP contribution in [0.15, 0.2) is 36.9 Å². The summed E-state index contributed by atoms with van der Waals surface area (Å²) >= 11 is 0. The number of nitrogens with zero attached hydrogens (tertiary/aromatic N) is 7. The lowest BCUT2D eigenvalue weighted by Gasteiger charge is -2.22. The van der Waals surface area contributed by atoms with Crippen LogP contribution in [-0.4, -0.2) is 56.5 Å². The second-order valence-electron chi connectivity index (χ2n) is 7.55. The number of hydrogen-bond donors (Lipinski definition) is 0. The SMILES string of the molecule is Cn1cnc2c(N3CC4CN(C(=O)c5cccc(C#N)c5)CC4C3)ncnc21. The van der Waals surface area contributed by atoms with Gasteiger partial charge in [0, 0.05) is 50.6 Å². The third-order valence-electron chi connectivity index (χ3n) is 5.79. The average molecular weight is 373 g/mol. The molecule has 2 saturated heterocycles. The minimum absolute atomic E-state index is 0.00667. The molecule has 3 aromatic rings. The van der Waals surface area contributed by atoms with Crippen LogP contribution in [0.3, 0.4) is 0 Å². The van der Waals surface area contributed by atoms with Crippen LogP contribution in [0.1, 0.15) is 15.9 Å². The third kappa shape index (κ3) is 2.59. The lowest BCUT2D eigenvalue weighted by Crippen LogP contribution is -2.33. The molecule has 28 heavy (non-hydrogen) atoms. The predicted octanol–water partition coefficient (Wildman–Crippen LogP) is 1.44. The number of aromatic nitrogens is 4. The largest absolute Gasteiger partial charge is 0.354 e. The minimum Gasteiger partial charge on any atom is -0.354 e. The molecule has 4 heterocycles. The molecule has 0 spiro atoms. The summed E-state index contributed by atoms with van der Waals surface area (Å²) in [6.07, 6.45) is 3.35. The van der Waals surface area contributed by atoms with Gasteiger partial charge in [0.2, 0.25) is 0 Å². The number of amides is 1. The summed E-state index contributed by atoms with van der Waals surface area (Å²) < 4.78 is 1.90. The number of nitriles is 1. The van der Waals surface area contributed by atoms with Gasteiger partial charge in [-0.3, -0.25) is 4.79 Å². The molecule has 0 saturated carbocycles. The first-order valence-electron chi connectivity index (χ1n) is 9.30. The van der Waals surface area contributed by atoms with Gasteiger partial charge in [-0.2, -0.15) is 5.26 Å². The Morgan fingerprint density at radius 1 is 1.14 bits per heavy atom. The van der Waals surface area contributed by atoms with Gasteiger partial charge in [-0.1, -0.05) is 6.07 Å². The van der Waals surface area contributed by atoms with Crippen molar-refractivity contribution >= 4 is 22.9 Å². The Morgan fingerprint density at radius 3 is 2.68 bits per heavy atom. The van der Waals surface area contributed by atoms with E-state index in [9.17, 15) is 4.79 Å². The number of aryl methyl sites for hydroxylation is 1. The lowest BCUT2D eigenvalue weighted by molar-refractivity contribution is 0.0782. The Kier molecular flexibility index (Phi) is 3.76. The third-order valence-corrected chi connectivity index (χ3v) is 5.79. The summed E-state index contributed by atoms with van der Waals surface area (Å²) in [5, 5.41) is 9.06. The van der Waals surface area contributed by atoms with Crippen molar-refractivity contribution in [3.8, 4) is 6.07 Å². The summed E-state index contributed by atoms with van der Waals surface area (Å²) in [4.78, 5) is 30.3. The molecule has 0 radical (unpaired) electrons. The van der Waals surface area contributed by atoms with Crippen molar-refractivity contribution in [2.75, 3.05) is 31.1 Å². The van der Waals surface area contributed by atoms with Crippen LogP contribution < -0.4 is 4.90 Å². The van der Waals surface area contributed by atoms with Crippen molar-refractivity contribution in [2.45, 2.75) is 0 Å². The van der Waals surface area contributed by atoms with Crippen LogP contribution in [0.4, 0.5) is 5.82 Å². The molecular formula is C20H19N7O. The molecule has 5 rings (SSSR count). The van der Waals surface area contributed by atoms with E-state index in [0.717, 1.165) is 43.2 Å². The maximum atomic E-state index is 12.8. The van der Waals surface area contributed by atoms with Crippen LogP contribution in [0, 0.1) is 23.2 Å². The van der Waals surface area contributed by atoms with Gasteiger partial charge in [0.05, 0.1) is 18.0 Å². The van der Waals surface area contributed by atoms with Crippen molar-refractivity contribution in [3.63, 3.8) is 0 Å². The second-order valence-corrected chi connectivity index (χ2v) is 7.55. The highest BCUT2D eigenvalue weighted by atomic mass is 16.2. The van der Waals surface area contributed by atoms with Gasteiger partial charge in [-0.05, 0) is 18.2 Å². The van der Waals surface area contributed by atoms with Gasteiger partial charge < -0.3 is 14.4 Å².